The van der Waals surface area contributed by atoms with E-state index in [4.69, 9.17) is 11.6 Å². The van der Waals surface area contributed by atoms with Crippen LogP contribution >= 0.6 is 11.6 Å². The number of alkyl halides is 3. The van der Waals surface area contributed by atoms with Crippen molar-refractivity contribution in [1.82, 2.24) is 9.97 Å². The van der Waals surface area contributed by atoms with E-state index in [9.17, 15) is 17.6 Å². The number of nitrogens with zero attached hydrogens (tertiary/aromatic N) is 2. The van der Waals surface area contributed by atoms with Gasteiger partial charge in [-0.2, -0.15) is 13.2 Å². The Labute approximate surface area is 145 Å². The first-order chi connectivity index (χ1) is 11.8. The maximum atomic E-state index is 13.1. The molecule has 0 spiro atoms. The first-order valence-corrected chi connectivity index (χ1v) is 7.44. The van der Waals surface area contributed by atoms with E-state index in [1.54, 1.807) is 24.3 Å². The number of aromatic nitrogens is 2. The van der Waals surface area contributed by atoms with E-state index in [-0.39, 0.29) is 11.6 Å². The molecule has 3 aromatic rings. The molecule has 1 aromatic heterocycles. The maximum absolute atomic E-state index is 13.1. The lowest BCUT2D eigenvalue weighted by atomic mass is 10.1. The molecule has 0 radical (unpaired) electrons. The summed E-state index contributed by atoms with van der Waals surface area (Å²) in [6.45, 7) is 0. The Morgan fingerprint density at radius 3 is 2.12 bits per heavy atom. The fraction of sp³-hybridized carbons (Fsp3) is 0.0588. The van der Waals surface area contributed by atoms with Gasteiger partial charge in [-0.25, -0.2) is 14.4 Å². The molecule has 0 bridgehead atoms. The van der Waals surface area contributed by atoms with Crippen LogP contribution in [-0.4, -0.2) is 9.97 Å². The molecular formula is C17H10ClF4N3. The van der Waals surface area contributed by atoms with Crippen LogP contribution in [-0.2, 0) is 6.18 Å². The summed E-state index contributed by atoms with van der Waals surface area (Å²) in [7, 11) is 0. The largest absolute Gasteiger partial charge is 0.433 e. The number of rotatable bonds is 3. The van der Waals surface area contributed by atoms with Crippen molar-refractivity contribution in [2.24, 2.45) is 0 Å². The Kier molecular flexibility index (Phi) is 4.59. The summed E-state index contributed by atoms with van der Waals surface area (Å²) in [5.74, 6) is -0.705. The Morgan fingerprint density at radius 1 is 0.880 bits per heavy atom. The van der Waals surface area contributed by atoms with Gasteiger partial charge in [-0.3, -0.25) is 0 Å². The zero-order chi connectivity index (χ0) is 18.0. The molecule has 0 unspecified atom stereocenters. The van der Waals surface area contributed by atoms with Crippen LogP contribution in [0.4, 0.5) is 29.2 Å². The van der Waals surface area contributed by atoms with Gasteiger partial charge in [0.2, 0.25) is 5.95 Å². The fourth-order valence-corrected chi connectivity index (χ4v) is 2.21. The van der Waals surface area contributed by atoms with Gasteiger partial charge >= 0.3 is 6.18 Å². The summed E-state index contributed by atoms with van der Waals surface area (Å²) < 4.78 is 52.3. The summed E-state index contributed by atoms with van der Waals surface area (Å²) in [5, 5.41) is 3.11. The second-order valence-electron chi connectivity index (χ2n) is 5.10. The number of nitrogens with one attached hydrogen (secondary N) is 1. The van der Waals surface area contributed by atoms with Gasteiger partial charge in [0.15, 0.2) is 5.69 Å². The lowest BCUT2D eigenvalue weighted by Crippen LogP contribution is -2.11. The minimum Gasteiger partial charge on any atom is -0.324 e. The van der Waals surface area contributed by atoms with Crippen molar-refractivity contribution in [3.63, 3.8) is 0 Å². The number of benzene rings is 2. The van der Waals surface area contributed by atoms with Crippen molar-refractivity contribution in [2.45, 2.75) is 6.18 Å². The van der Waals surface area contributed by atoms with Crippen molar-refractivity contribution in [1.29, 1.82) is 0 Å². The van der Waals surface area contributed by atoms with Gasteiger partial charge in [-0.15, -0.1) is 0 Å². The first-order valence-electron chi connectivity index (χ1n) is 7.06. The van der Waals surface area contributed by atoms with Gasteiger partial charge in [-0.1, -0.05) is 23.7 Å². The lowest BCUT2D eigenvalue weighted by molar-refractivity contribution is -0.141. The SMILES string of the molecule is Fc1ccc(Nc2nc(-c3ccc(Cl)cc3)cc(C(F)(F)F)n2)cc1. The molecule has 1 heterocycles. The molecule has 1 N–H and O–H groups in total. The average Bonchev–Trinajstić information content (AvgIpc) is 2.56. The predicted molar refractivity (Wildman–Crippen MR) is 87.2 cm³/mol. The molecule has 0 atom stereocenters. The summed E-state index contributed by atoms with van der Waals surface area (Å²) in [6.07, 6.45) is -4.64. The minimum atomic E-state index is -4.64. The van der Waals surface area contributed by atoms with Gasteiger partial charge in [0.1, 0.15) is 5.82 Å². The number of halogens is 5. The van der Waals surface area contributed by atoms with Crippen molar-refractivity contribution in [3.05, 3.63) is 71.1 Å². The molecule has 0 amide bonds. The third-order valence-corrected chi connectivity index (χ3v) is 3.51. The van der Waals surface area contributed by atoms with Gasteiger partial charge in [-0.05, 0) is 42.5 Å². The zero-order valence-electron chi connectivity index (χ0n) is 12.5. The van der Waals surface area contributed by atoms with Gasteiger partial charge in [0.05, 0.1) is 5.69 Å². The quantitative estimate of drug-likeness (QED) is 0.603. The molecule has 0 saturated carbocycles. The highest BCUT2D eigenvalue weighted by atomic mass is 35.5. The van der Waals surface area contributed by atoms with Crippen molar-refractivity contribution in [2.75, 3.05) is 5.32 Å². The molecule has 3 rings (SSSR count). The van der Waals surface area contributed by atoms with Crippen LogP contribution in [0.15, 0.2) is 54.6 Å². The standard InChI is InChI=1S/C17H10ClF4N3/c18-11-3-1-10(2-4-11)14-9-15(17(20,21)22)25-16(24-14)23-13-7-5-12(19)6-8-13/h1-9H,(H,23,24,25). The van der Waals surface area contributed by atoms with E-state index in [0.29, 0.717) is 16.3 Å². The molecule has 0 saturated heterocycles. The molecular weight excluding hydrogens is 358 g/mol. The van der Waals surface area contributed by atoms with Crippen LogP contribution in [0.25, 0.3) is 11.3 Å². The van der Waals surface area contributed by atoms with Gasteiger partial charge < -0.3 is 5.32 Å². The van der Waals surface area contributed by atoms with E-state index in [0.717, 1.165) is 6.07 Å². The summed E-state index contributed by atoms with van der Waals surface area (Å²) in [6, 6.07) is 12.2. The predicted octanol–water partition coefficient (Wildman–Crippen LogP) is 5.70. The zero-order valence-corrected chi connectivity index (χ0v) is 13.2. The monoisotopic (exact) mass is 367 g/mol. The highest BCUT2D eigenvalue weighted by Gasteiger charge is 2.33. The first kappa shape index (κ1) is 17.2. The maximum Gasteiger partial charge on any atom is 0.433 e. The summed E-state index contributed by atoms with van der Waals surface area (Å²) in [4.78, 5) is 7.60. The molecule has 3 nitrogen and oxygen atoms in total. The van der Waals surface area contributed by atoms with E-state index in [1.165, 1.54) is 24.3 Å². The number of anilines is 2. The van der Waals surface area contributed by atoms with E-state index < -0.39 is 17.7 Å². The van der Waals surface area contributed by atoms with E-state index in [1.807, 2.05) is 0 Å². The third-order valence-electron chi connectivity index (χ3n) is 3.26. The molecule has 0 aliphatic heterocycles. The highest BCUT2D eigenvalue weighted by molar-refractivity contribution is 6.30. The molecule has 0 aliphatic carbocycles. The van der Waals surface area contributed by atoms with Gasteiger partial charge in [0, 0.05) is 16.3 Å². The molecule has 2 aromatic carbocycles. The van der Waals surface area contributed by atoms with Crippen LogP contribution in [0, 0.1) is 5.82 Å². The molecule has 0 aliphatic rings. The Morgan fingerprint density at radius 2 is 1.52 bits per heavy atom. The molecule has 0 fully saturated rings. The van der Waals surface area contributed by atoms with Crippen LogP contribution in [0.5, 0.6) is 0 Å². The van der Waals surface area contributed by atoms with E-state index in [2.05, 4.69) is 15.3 Å². The lowest BCUT2D eigenvalue weighted by Gasteiger charge is -2.12. The normalized spacial score (nSPS) is 11.4. The Balaban J connectivity index is 2.03. The van der Waals surface area contributed by atoms with Crippen molar-refractivity contribution in [3.8, 4) is 11.3 Å². The Hall–Kier alpha value is -2.67. The van der Waals surface area contributed by atoms with Crippen molar-refractivity contribution >= 4 is 23.2 Å². The smallest absolute Gasteiger partial charge is 0.324 e. The highest BCUT2D eigenvalue weighted by Crippen LogP contribution is 2.32. The fourth-order valence-electron chi connectivity index (χ4n) is 2.08. The summed E-state index contributed by atoms with van der Waals surface area (Å²) in [5.41, 5.74) is -0.178. The van der Waals surface area contributed by atoms with Crippen LogP contribution < -0.4 is 5.32 Å². The number of hydrogen-bond acceptors (Lipinski definition) is 3. The van der Waals surface area contributed by atoms with Crippen LogP contribution in [0.3, 0.4) is 0 Å². The number of hydrogen-bond donors (Lipinski definition) is 1. The van der Waals surface area contributed by atoms with Gasteiger partial charge in [0.25, 0.3) is 0 Å². The molecule has 8 heteroatoms. The third kappa shape index (κ3) is 4.24. The van der Waals surface area contributed by atoms with Crippen LogP contribution in [0.1, 0.15) is 5.69 Å². The van der Waals surface area contributed by atoms with E-state index >= 15 is 0 Å². The molecule has 128 valence electrons. The second kappa shape index (κ2) is 6.68. The minimum absolute atomic E-state index is 0.0867. The topological polar surface area (TPSA) is 37.8 Å². The van der Waals surface area contributed by atoms with Crippen LogP contribution in [0.2, 0.25) is 5.02 Å². The van der Waals surface area contributed by atoms with Crippen molar-refractivity contribution < 1.29 is 17.6 Å². The Bertz CT molecular complexity index is 878. The summed E-state index contributed by atoms with van der Waals surface area (Å²) >= 11 is 5.80. The second-order valence-corrected chi connectivity index (χ2v) is 5.54. The average molecular weight is 368 g/mol. The molecule has 25 heavy (non-hydrogen) atoms.